The molecule has 1 rings (SSSR count). The van der Waals surface area contributed by atoms with Crippen LogP contribution in [0.25, 0.3) is 0 Å². The number of carbonyl (C=O) groups excluding carboxylic acids is 1. The van der Waals surface area contributed by atoms with Crippen molar-refractivity contribution in [2.45, 2.75) is 12.8 Å². The number of ether oxygens (including phenoxy) is 1. The SMILES string of the molecule is O=C1OCCC1C/C=C/CO. The van der Waals surface area contributed by atoms with Gasteiger partial charge < -0.3 is 9.84 Å². The minimum absolute atomic E-state index is 0.0257. The zero-order valence-electron chi connectivity index (χ0n) is 6.32. The molecule has 3 heteroatoms. The molecule has 1 N–H and O–H groups in total. The molecule has 0 amide bonds. The quantitative estimate of drug-likeness (QED) is 0.477. The van der Waals surface area contributed by atoms with Gasteiger partial charge in [0.25, 0.3) is 0 Å². The van der Waals surface area contributed by atoms with Gasteiger partial charge in [-0.05, 0) is 12.8 Å². The minimum Gasteiger partial charge on any atom is -0.465 e. The van der Waals surface area contributed by atoms with Crippen LogP contribution in [0.3, 0.4) is 0 Å². The molecule has 0 aliphatic carbocycles. The second-order valence-electron chi connectivity index (χ2n) is 2.54. The second kappa shape index (κ2) is 4.13. The predicted molar refractivity (Wildman–Crippen MR) is 39.9 cm³/mol. The van der Waals surface area contributed by atoms with Crippen LogP contribution in [-0.2, 0) is 9.53 Å². The highest BCUT2D eigenvalue weighted by molar-refractivity contribution is 5.74. The molecule has 0 aromatic rings. The first-order chi connectivity index (χ1) is 5.34. The van der Waals surface area contributed by atoms with Gasteiger partial charge in [0.2, 0.25) is 0 Å². The number of cyclic esters (lactones) is 1. The van der Waals surface area contributed by atoms with E-state index < -0.39 is 0 Å². The van der Waals surface area contributed by atoms with Gasteiger partial charge in [-0.15, -0.1) is 0 Å². The van der Waals surface area contributed by atoms with E-state index in [9.17, 15) is 4.79 Å². The zero-order chi connectivity index (χ0) is 8.10. The number of aliphatic hydroxyl groups excluding tert-OH is 1. The molecule has 3 nitrogen and oxygen atoms in total. The zero-order valence-corrected chi connectivity index (χ0v) is 6.32. The van der Waals surface area contributed by atoms with Crippen LogP contribution in [0.15, 0.2) is 12.2 Å². The number of rotatable bonds is 3. The molecule has 0 radical (unpaired) electrons. The van der Waals surface area contributed by atoms with Crippen molar-refractivity contribution in [3.8, 4) is 0 Å². The third kappa shape index (κ3) is 2.35. The van der Waals surface area contributed by atoms with Gasteiger partial charge in [-0.2, -0.15) is 0 Å². The third-order valence-electron chi connectivity index (χ3n) is 1.74. The van der Waals surface area contributed by atoms with Crippen LogP contribution in [0, 0.1) is 5.92 Å². The topological polar surface area (TPSA) is 46.5 Å². The Balaban J connectivity index is 2.25. The lowest BCUT2D eigenvalue weighted by atomic mass is 10.0. The first-order valence-electron chi connectivity index (χ1n) is 3.77. The molecule has 1 unspecified atom stereocenters. The van der Waals surface area contributed by atoms with Gasteiger partial charge in [0.05, 0.1) is 19.1 Å². The largest absolute Gasteiger partial charge is 0.465 e. The molecule has 0 saturated carbocycles. The van der Waals surface area contributed by atoms with Gasteiger partial charge >= 0.3 is 5.97 Å². The first-order valence-corrected chi connectivity index (χ1v) is 3.77. The molecule has 1 fully saturated rings. The Morgan fingerprint density at radius 2 is 2.45 bits per heavy atom. The lowest BCUT2D eigenvalue weighted by molar-refractivity contribution is -0.141. The normalized spacial score (nSPS) is 24.5. The van der Waals surface area contributed by atoms with Crippen LogP contribution in [0.4, 0.5) is 0 Å². The molecule has 1 aliphatic heterocycles. The van der Waals surface area contributed by atoms with Gasteiger partial charge in [0, 0.05) is 0 Å². The van der Waals surface area contributed by atoms with Crippen molar-refractivity contribution in [3.63, 3.8) is 0 Å². The maximum atomic E-state index is 10.8. The van der Waals surface area contributed by atoms with Crippen molar-refractivity contribution in [3.05, 3.63) is 12.2 Å². The van der Waals surface area contributed by atoms with E-state index in [2.05, 4.69) is 0 Å². The van der Waals surface area contributed by atoms with Crippen LogP contribution >= 0.6 is 0 Å². The summed E-state index contributed by atoms with van der Waals surface area (Å²) in [6.45, 7) is 0.595. The highest BCUT2D eigenvalue weighted by atomic mass is 16.5. The summed E-state index contributed by atoms with van der Waals surface area (Å²) in [6.07, 6.45) is 4.97. The standard InChI is InChI=1S/C8H12O3/c9-5-2-1-3-7-4-6-11-8(7)10/h1-2,7,9H,3-6H2/b2-1+. The summed E-state index contributed by atoms with van der Waals surface area (Å²) in [7, 11) is 0. The van der Waals surface area contributed by atoms with Gasteiger partial charge in [0.1, 0.15) is 0 Å². The Kier molecular flexibility index (Phi) is 3.11. The molecule has 62 valence electrons. The predicted octanol–water partition coefficient (Wildman–Crippen LogP) is 0.488. The number of esters is 1. The van der Waals surface area contributed by atoms with E-state index in [1.807, 2.05) is 6.08 Å². The third-order valence-corrected chi connectivity index (χ3v) is 1.74. The summed E-state index contributed by atoms with van der Waals surface area (Å²) in [5, 5.41) is 8.40. The van der Waals surface area contributed by atoms with Crippen molar-refractivity contribution < 1.29 is 14.6 Å². The Hall–Kier alpha value is -0.830. The lowest BCUT2D eigenvalue weighted by Gasteiger charge is -1.98. The number of hydrogen-bond acceptors (Lipinski definition) is 3. The van der Waals surface area contributed by atoms with Gasteiger partial charge in [-0.25, -0.2) is 0 Å². The molecule has 1 aliphatic rings. The Labute approximate surface area is 65.7 Å². The minimum atomic E-state index is -0.104. The first kappa shape index (κ1) is 8.27. The van der Waals surface area contributed by atoms with E-state index >= 15 is 0 Å². The highest BCUT2D eigenvalue weighted by Crippen LogP contribution is 2.17. The Morgan fingerprint density at radius 1 is 1.64 bits per heavy atom. The van der Waals surface area contributed by atoms with Crippen molar-refractivity contribution in [2.24, 2.45) is 5.92 Å². The summed E-state index contributed by atoms with van der Waals surface area (Å²) in [5.41, 5.74) is 0. The van der Waals surface area contributed by atoms with E-state index in [0.29, 0.717) is 13.0 Å². The fourth-order valence-electron chi connectivity index (χ4n) is 1.09. The Morgan fingerprint density at radius 3 is 3.00 bits per heavy atom. The number of carbonyl (C=O) groups is 1. The van der Waals surface area contributed by atoms with E-state index in [-0.39, 0.29) is 18.5 Å². The van der Waals surface area contributed by atoms with E-state index in [1.54, 1.807) is 6.08 Å². The molecule has 0 aromatic carbocycles. The van der Waals surface area contributed by atoms with Crippen LogP contribution in [0.1, 0.15) is 12.8 Å². The molecule has 1 atom stereocenters. The van der Waals surface area contributed by atoms with Crippen LogP contribution in [0.5, 0.6) is 0 Å². The van der Waals surface area contributed by atoms with E-state index in [0.717, 1.165) is 6.42 Å². The van der Waals surface area contributed by atoms with Crippen molar-refractivity contribution in [2.75, 3.05) is 13.2 Å². The average Bonchev–Trinajstić information content (AvgIpc) is 2.37. The fourth-order valence-corrected chi connectivity index (χ4v) is 1.09. The number of aliphatic hydroxyl groups is 1. The van der Waals surface area contributed by atoms with Crippen LogP contribution < -0.4 is 0 Å². The summed E-state index contributed by atoms with van der Waals surface area (Å²) >= 11 is 0. The lowest BCUT2D eigenvalue weighted by Crippen LogP contribution is -2.05. The Bertz CT molecular complexity index is 163. The summed E-state index contributed by atoms with van der Waals surface area (Å²) in [5.74, 6) is -0.0783. The monoisotopic (exact) mass is 156 g/mol. The van der Waals surface area contributed by atoms with Crippen LogP contribution in [-0.4, -0.2) is 24.3 Å². The summed E-state index contributed by atoms with van der Waals surface area (Å²) in [4.78, 5) is 10.8. The van der Waals surface area contributed by atoms with Crippen molar-refractivity contribution >= 4 is 5.97 Å². The van der Waals surface area contributed by atoms with Gasteiger partial charge in [-0.3, -0.25) is 4.79 Å². The van der Waals surface area contributed by atoms with Crippen molar-refractivity contribution in [1.29, 1.82) is 0 Å². The second-order valence-corrected chi connectivity index (χ2v) is 2.54. The summed E-state index contributed by atoms with van der Waals surface area (Å²) < 4.78 is 4.76. The van der Waals surface area contributed by atoms with Gasteiger partial charge in [0.15, 0.2) is 0 Å². The molecular formula is C8H12O3. The molecule has 11 heavy (non-hydrogen) atoms. The smallest absolute Gasteiger partial charge is 0.309 e. The molecule has 0 bridgehead atoms. The van der Waals surface area contributed by atoms with E-state index in [1.165, 1.54) is 0 Å². The maximum Gasteiger partial charge on any atom is 0.309 e. The number of hydrogen-bond donors (Lipinski definition) is 1. The van der Waals surface area contributed by atoms with Crippen LogP contribution in [0.2, 0.25) is 0 Å². The van der Waals surface area contributed by atoms with Crippen molar-refractivity contribution in [1.82, 2.24) is 0 Å². The van der Waals surface area contributed by atoms with E-state index in [4.69, 9.17) is 9.84 Å². The van der Waals surface area contributed by atoms with Gasteiger partial charge in [-0.1, -0.05) is 12.2 Å². The molecule has 1 heterocycles. The fraction of sp³-hybridized carbons (Fsp3) is 0.625. The highest BCUT2D eigenvalue weighted by Gasteiger charge is 2.24. The average molecular weight is 156 g/mol. The summed E-state index contributed by atoms with van der Waals surface area (Å²) in [6, 6.07) is 0. The maximum absolute atomic E-state index is 10.8. The molecule has 0 spiro atoms. The molecule has 0 aromatic heterocycles. The molecule has 1 saturated heterocycles. The molecular weight excluding hydrogens is 144 g/mol. The number of allylic oxidation sites excluding steroid dienone is 1.